The van der Waals surface area contributed by atoms with Crippen LogP contribution in [-0.2, 0) is 16.7 Å². The summed E-state index contributed by atoms with van der Waals surface area (Å²) in [5, 5.41) is -0.898. The predicted molar refractivity (Wildman–Crippen MR) is 56.8 cm³/mol. The van der Waals surface area contributed by atoms with Gasteiger partial charge in [-0.05, 0) is 0 Å². The standard InChI is InChI=1S/C10H13NO3S/c1-2-10(15(12,13)14)6-9-11-7-4-3-5-8-11/h2-5,7-8,10H,1,6,9H2/p+1. The van der Waals surface area contributed by atoms with Crippen molar-refractivity contribution in [3.63, 3.8) is 0 Å². The largest absolute Gasteiger partial charge is 0.285 e. The number of pyridine rings is 1. The van der Waals surface area contributed by atoms with Crippen LogP contribution in [0.3, 0.4) is 0 Å². The van der Waals surface area contributed by atoms with E-state index in [1.165, 1.54) is 6.08 Å². The molecule has 0 radical (unpaired) electrons. The fourth-order valence-corrected chi connectivity index (χ4v) is 1.89. The molecule has 4 nitrogen and oxygen atoms in total. The molecular weight excluding hydrogens is 214 g/mol. The zero-order valence-electron chi connectivity index (χ0n) is 8.28. The molecular formula is C10H14NO3S+. The van der Waals surface area contributed by atoms with Gasteiger partial charge in [0.05, 0.1) is 0 Å². The van der Waals surface area contributed by atoms with Gasteiger partial charge in [0.2, 0.25) is 0 Å². The highest BCUT2D eigenvalue weighted by Crippen LogP contribution is 2.04. The molecule has 0 amide bonds. The number of nitrogens with zero attached hydrogens (tertiary/aromatic N) is 1. The molecule has 0 spiro atoms. The maximum atomic E-state index is 10.9. The van der Waals surface area contributed by atoms with Crippen molar-refractivity contribution in [1.29, 1.82) is 0 Å². The van der Waals surface area contributed by atoms with Crippen molar-refractivity contribution < 1.29 is 17.5 Å². The van der Waals surface area contributed by atoms with E-state index in [0.717, 1.165) is 0 Å². The summed E-state index contributed by atoms with van der Waals surface area (Å²) < 4.78 is 32.4. The van der Waals surface area contributed by atoms with Crippen molar-refractivity contribution in [2.45, 2.75) is 18.2 Å². The summed E-state index contributed by atoms with van der Waals surface area (Å²) in [5.41, 5.74) is 0. The lowest BCUT2D eigenvalue weighted by Gasteiger charge is -2.05. The monoisotopic (exact) mass is 228 g/mol. The van der Waals surface area contributed by atoms with Crippen LogP contribution in [0, 0.1) is 0 Å². The Hall–Kier alpha value is -1.20. The first-order valence-electron chi connectivity index (χ1n) is 4.57. The number of aryl methyl sites for hydroxylation is 1. The van der Waals surface area contributed by atoms with E-state index in [9.17, 15) is 8.42 Å². The summed E-state index contributed by atoms with van der Waals surface area (Å²) in [6, 6.07) is 5.59. The minimum Gasteiger partial charge on any atom is -0.285 e. The molecule has 15 heavy (non-hydrogen) atoms. The minimum atomic E-state index is -4.02. The van der Waals surface area contributed by atoms with Crippen LogP contribution in [0.5, 0.6) is 0 Å². The van der Waals surface area contributed by atoms with Gasteiger partial charge in [0.1, 0.15) is 11.8 Å². The van der Waals surface area contributed by atoms with E-state index in [4.69, 9.17) is 4.55 Å². The summed E-state index contributed by atoms with van der Waals surface area (Å²) in [5.74, 6) is 0. The lowest BCUT2D eigenvalue weighted by Crippen LogP contribution is -2.35. The Kier molecular flexibility index (Phi) is 3.99. The molecule has 82 valence electrons. The highest BCUT2D eigenvalue weighted by molar-refractivity contribution is 7.86. The first-order chi connectivity index (χ1) is 7.04. The molecule has 0 aromatic carbocycles. The van der Waals surface area contributed by atoms with Crippen molar-refractivity contribution in [3.05, 3.63) is 43.2 Å². The van der Waals surface area contributed by atoms with Crippen molar-refractivity contribution in [2.24, 2.45) is 0 Å². The fourth-order valence-electron chi connectivity index (χ4n) is 1.25. The van der Waals surface area contributed by atoms with Crippen LogP contribution in [-0.4, -0.2) is 18.2 Å². The zero-order chi connectivity index (χ0) is 11.3. The van der Waals surface area contributed by atoms with Crippen molar-refractivity contribution in [1.82, 2.24) is 0 Å². The number of hydrogen-bond donors (Lipinski definition) is 1. The Morgan fingerprint density at radius 1 is 1.33 bits per heavy atom. The highest BCUT2D eigenvalue weighted by Gasteiger charge is 2.20. The number of aromatic nitrogens is 1. The summed E-state index contributed by atoms with van der Waals surface area (Å²) in [7, 11) is -4.02. The smallest absolute Gasteiger partial charge is 0.271 e. The first kappa shape index (κ1) is 11.9. The van der Waals surface area contributed by atoms with Crippen LogP contribution in [0.1, 0.15) is 6.42 Å². The summed E-state index contributed by atoms with van der Waals surface area (Å²) in [6.45, 7) is 3.92. The van der Waals surface area contributed by atoms with Crippen LogP contribution < -0.4 is 4.57 Å². The van der Waals surface area contributed by atoms with E-state index in [1.54, 1.807) is 0 Å². The van der Waals surface area contributed by atoms with Gasteiger partial charge in [0.15, 0.2) is 12.4 Å². The normalized spacial score (nSPS) is 13.4. The molecule has 0 saturated heterocycles. The molecule has 0 aliphatic rings. The molecule has 0 saturated carbocycles. The SMILES string of the molecule is C=CC(CC[n+]1ccccc1)S(=O)(=O)O. The molecule has 1 unspecified atom stereocenters. The molecule has 0 fully saturated rings. The fraction of sp³-hybridized carbons (Fsp3) is 0.300. The molecule has 0 aliphatic carbocycles. The lowest BCUT2D eigenvalue weighted by molar-refractivity contribution is -0.697. The summed E-state index contributed by atoms with van der Waals surface area (Å²) in [4.78, 5) is 0. The molecule has 5 heteroatoms. The Labute approximate surface area is 89.6 Å². The molecule has 1 aromatic rings. The second-order valence-electron chi connectivity index (χ2n) is 3.19. The first-order valence-corrected chi connectivity index (χ1v) is 6.07. The van der Waals surface area contributed by atoms with Crippen molar-refractivity contribution >= 4 is 10.1 Å². The lowest BCUT2D eigenvalue weighted by atomic mass is 10.3. The average molecular weight is 228 g/mol. The Morgan fingerprint density at radius 3 is 2.40 bits per heavy atom. The van der Waals surface area contributed by atoms with E-state index >= 15 is 0 Å². The van der Waals surface area contributed by atoms with E-state index in [0.29, 0.717) is 13.0 Å². The van der Waals surface area contributed by atoms with Gasteiger partial charge in [-0.2, -0.15) is 8.42 Å². The van der Waals surface area contributed by atoms with Gasteiger partial charge in [-0.25, -0.2) is 4.57 Å². The molecule has 1 N–H and O–H groups in total. The molecule has 1 atom stereocenters. The molecule has 1 rings (SSSR count). The zero-order valence-corrected chi connectivity index (χ0v) is 9.10. The third-order valence-corrected chi connectivity index (χ3v) is 3.29. The van der Waals surface area contributed by atoms with Crippen molar-refractivity contribution in [2.75, 3.05) is 0 Å². The van der Waals surface area contributed by atoms with E-state index in [2.05, 4.69) is 6.58 Å². The maximum Gasteiger partial charge on any atom is 0.271 e. The van der Waals surface area contributed by atoms with Crippen LogP contribution in [0.4, 0.5) is 0 Å². The second kappa shape index (κ2) is 5.04. The molecule has 0 aliphatic heterocycles. The molecule has 1 aromatic heterocycles. The summed E-state index contributed by atoms with van der Waals surface area (Å²) >= 11 is 0. The Balaban J connectivity index is 2.60. The van der Waals surface area contributed by atoms with Crippen LogP contribution in [0.2, 0.25) is 0 Å². The number of hydrogen-bond acceptors (Lipinski definition) is 2. The third-order valence-electron chi connectivity index (χ3n) is 2.09. The van der Waals surface area contributed by atoms with Gasteiger partial charge in [-0.3, -0.25) is 4.55 Å². The van der Waals surface area contributed by atoms with Gasteiger partial charge >= 0.3 is 0 Å². The van der Waals surface area contributed by atoms with E-state index in [-0.39, 0.29) is 0 Å². The topological polar surface area (TPSA) is 58.2 Å². The van der Waals surface area contributed by atoms with Gasteiger partial charge < -0.3 is 0 Å². The average Bonchev–Trinajstić information content (AvgIpc) is 2.18. The van der Waals surface area contributed by atoms with E-state index < -0.39 is 15.4 Å². The second-order valence-corrected chi connectivity index (χ2v) is 4.83. The minimum absolute atomic E-state index is 0.316. The van der Waals surface area contributed by atoms with Crippen LogP contribution in [0.25, 0.3) is 0 Å². The molecule has 1 heterocycles. The van der Waals surface area contributed by atoms with Crippen LogP contribution >= 0.6 is 0 Å². The number of rotatable bonds is 5. The predicted octanol–water partition coefficient (Wildman–Crippen LogP) is 0.807. The Morgan fingerprint density at radius 2 is 1.93 bits per heavy atom. The third kappa shape index (κ3) is 3.81. The molecule has 0 bridgehead atoms. The maximum absolute atomic E-state index is 10.9. The van der Waals surface area contributed by atoms with Gasteiger partial charge in [0, 0.05) is 18.6 Å². The van der Waals surface area contributed by atoms with Gasteiger partial charge in [-0.1, -0.05) is 12.1 Å². The highest BCUT2D eigenvalue weighted by atomic mass is 32.2. The Bertz CT molecular complexity index is 414. The van der Waals surface area contributed by atoms with E-state index in [1.807, 2.05) is 35.2 Å². The van der Waals surface area contributed by atoms with Crippen molar-refractivity contribution in [3.8, 4) is 0 Å². The summed E-state index contributed by atoms with van der Waals surface area (Å²) in [6.07, 6.45) is 5.24. The quantitative estimate of drug-likeness (QED) is 0.461. The van der Waals surface area contributed by atoms with Gasteiger partial charge in [0.25, 0.3) is 10.1 Å². The van der Waals surface area contributed by atoms with Gasteiger partial charge in [-0.15, -0.1) is 6.58 Å². The van der Waals surface area contributed by atoms with Crippen LogP contribution in [0.15, 0.2) is 43.2 Å².